The van der Waals surface area contributed by atoms with Crippen LogP contribution in [0.15, 0.2) is 24.3 Å². The molecule has 3 heterocycles. The van der Waals surface area contributed by atoms with E-state index in [1.165, 1.54) is 0 Å². The van der Waals surface area contributed by atoms with E-state index in [2.05, 4.69) is 0 Å². The zero-order valence-electron chi connectivity index (χ0n) is 24.8. The van der Waals surface area contributed by atoms with Crippen LogP contribution in [-0.2, 0) is 9.47 Å². The maximum Gasteiger partial charge on any atom is 0.410 e. The molecule has 40 heavy (non-hydrogen) atoms. The molecule has 2 atom stereocenters. The Bertz CT molecular complexity index is 1080. The zero-order valence-corrected chi connectivity index (χ0v) is 24.8. The largest absolute Gasteiger partial charge is 0.472 e. The molecule has 2 aromatic rings. The summed E-state index contributed by atoms with van der Waals surface area (Å²) in [7, 11) is 0. The monoisotopic (exact) mass is 556 g/mol. The number of likely N-dealkylation sites (tertiary alicyclic amines) is 2. The van der Waals surface area contributed by atoms with Crippen LogP contribution >= 0.6 is 0 Å². The van der Waals surface area contributed by atoms with Crippen molar-refractivity contribution in [3.63, 3.8) is 0 Å². The molecule has 10 nitrogen and oxygen atoms in total. The van der Waals surface area contributed by atoms with Crippen molar-refractivity contribution >= 4 is 23.2 Å². The van der Waals surface area contributed by atoms with Crippen LogP contribution in [0.25, 0.3) is 11.0 Å². The summed E-state index contributed by atoms with van der Waals surface area (Å²) in [5.74, 6) is 0.543. The number of fused-ring (bicyclic) bond motifs is 1. The van der Waals surface area contributed by atoms with Crippen LogP contribution in [0, 0.1) is 0 Å². The minimum absolute atomic E-state index is 0.147. The molecule has 220 valence electrons. The highest BCUT2D eigenvalue weighted by Crippen LogP contribution is 2.29. The normalized spacial score (nSPS) is 20.2. The highest BCUT2D eigenvalue weighted by Gasteiger charge is 2.33. The second kappa shape index (κ2) is 12.5. The van der Waals surface area contributed by atoms with Crippen molar-refractivity contribution in [3.8, 4) is 11.8 Å². The molecule has 0 radical (unpaired) electrons. The Morgan fingerprint density at radius 2 is 1.12 bits per heavy atom. The number of benzene rings is 1. The molecule has 1 aromatic carbocycles. The number of nitrogens with zero attached hydrogens (tertiary/aromatic N) is 4. The summed E-state index contributed by atoms with van der Waals surface area (Å²) in [5, 5.41) is 0. The third kappa shape index (κ3) is 8.11. The van der Waals surface area contributed by atoms with E-state index in [4.69, 9.17) is 28.9 Å². The second-order valence-electron chi connectivity index (χ2n) is 12.6. The first kappa shape index (κ1) is 29.7. The molecule has 2 aliphatic rings. The van der Waals surface area contributed by atoms with E-state index in [1.54, 1.807) is 9.80 Å². The van der Waals surface area contributed by atoms with E-state index in [9.17, 15) is 9.59 Å². The average Bonchev–Trinajstić information content (AvgIpc) is 2.89. The number of amides is 2. The van der Waals surface area contributed by atoms with E-state index in [0.717, 1.165) is 38.5 Å². The van der Waals surface area contributed by atoms with E-state index in [1.807, 2.05) is 65.8 Å². The van der Waals surface area contributed by atoms with Crippen molar-refractivity contribution in [1.82, 2.24) is 19.8 Å². The molecule has 0 saturated carbocycles. The van der Waals surface area contributed by atoms with Crippen molar-refractivity contribution in [2.75, 3.05) is 26.3 Å². The summed E-state index contributed by atoms with van der Waals surface area (Å²) < 4.78 is 23.7. The molecular formula is C30H44N4O6. The lowest BCUT2D eigenvalue weighted by Gasteiger charge is -2.37. The van der Waals surface area contributed by atoms with Gasteiger partial charge in [0.15, 0.2) is 0 Å². The molecular weight excluding hydrogens is 512 g/mol. The van der Waals surface area contributed by atoms with Gasteiger partial charge in [0.25, 0.3) is 11.8 Å². The van der Waals surface area contributed by atoms with Crippen LogP contribution in [0.4, 0.5) is 9.59 Å². The first-order valence-corrected chi connectivity index (χ1v) is 14.4. The Morgan fingerprint density at radius 1 is 0.725 bits per heavy atom. The quantitative estimate of drug-likeness (QED) is 0.429. The van der Waals surface area contributed by atoms with Gasteiger partial charge in [-0.2, -0.15) is 0 Å². The molecule has 0 N–H and O–H groups in total. The first-order valence-electron chi connectivity index (χ1n) is 14.4. The van der Waals surface area contributed by atoms with E-state index < -0.39 is 11.2 Å². The third-order valence-corrected chi connectivity index (χ3v) is 6.84. The molecule has 2 fully saturated rings. The van der Waals surface area contributed by atoms with E-state index in [0.29, 0.717) is 24.1 Å². The molecule has 0 aliphatic carbocycles. The number of aromatic nitrogens is 2. The van der Waals surface area contributed by atoms with Gasteiger partial charge in [0, 0.05) is 13.1 Å². The number of hydrogen-bond donors (Lipinski definition) is 0. The summed E-state index contributed by atoms with van der Waals surface area (Å²) in [5.41, 5.74) is 0.227. The second-order valence-corrected chi connectivity index (χ2v) is 12.6. The number of rotatable bonds is 6. The smallest absolute Gasteiger partial charge is 0.410 e. The van der Waals surface area contributed by atoms with Gasteiger partial charge in [0.2, 0.25) is 0 Å². The van der Waals surface area contributed by atoms with Gasteiger partial charge in [-0.15, -0.1) is 0 Å². The molecule has 0 spiro atoms. The minimum Gasteiger partial charge on any atom is -0.472 e. The van der Waals surface area contributed by atoms with E-state index >= 15 is 0 Å². The SMILES string of the molecule is CC(C)(C)OC(=O)N1CCCC[C@@H]1COc1nc2ccccc2nc1OC[C@@H]1CCCCN1C(=O)OC(C)(C)C. The Balaban J connectivity index is 1.50. The number of ether oxygens (including phenoxy) is 4. The van der Waals surface area contributed by atoms with Gasteiger partial charge < -0.3 is 28.7 Å². The van der Waals surface area contributed by atoms with Crippen molar-refractivity contribution in [2.24, 2.45) is 0 Å². The predicted molar refractivity (Wildman–Crippen MR) is 152 cm³/mol. The number of carbonyl (C=O) groups is 2. The van der Waals surface area contributed by atoms with Crippen molar-refractivity contribution in [1.29, 1.82) is 0 Å². The lowest BCUT2D eigenvalue weighted by atomic mass is 10.0. The van der Waals surface area contributed by atoms with Crippen molar-refractivity contribution < 1.29 is 28.5 Å². The summed E-state index contributed by atoms with van der Waals surface area (Å²) in [6, 6.07) is 7.24. The number of carbonyl (C=O) groups excluding carboxylic acids is 2. The topological polar surface area (TPSA) is 103 Å². The molecule has 0 unspecified atom stereocenters. The Labute approximate surface area is 237 Å². The number of hydrogen-bond acceptors (Lipinski definition) is 8. The Morgan fingerprint density at radius 3 is 1.50 bits per heavy atom. The molecule has 4 rings (SSSR count). The lowest BCUT2D eigenvalue weighted by molar-refractivity contribution is 0.000718. The highest BCUT2D eigenvalue weighted by atomic mass is 16.6. The van der Waals surface area contributed by atoms with E-state index in [-0.39, 0.29) is 49.2 Å². The van der Waals surface area contributed by atoms with Gasteiger partial charge in [-0.05, 0) is 92.2 Å². The van der Waals surface area contributed by atoms with Gasteiger partial charge in [0.1, 0.15) is 24.4 Å². The van der Waals surface area contributed by atoms with Crippen LogP contribution in [0.1, 0.15) is 80.1 Å². The van der Waals surface area contributed by atoms with Crippen LogP contribution < -0.4 is 9.47 Å². The maximum atomic E-state index is 12.9. The maximum absolute atomic E-state index is 12.9. The average molecular weight is 557 g/mol. The van der Waals surface area contributed by atoms with Crippen LogP contribution in [0.5, 0.6) is 11.8 Å². The summed E-state index contributed by atoms with van der Waals surface area (Å²) in [4.78, 5) is 38.7. The molecule has 2 amide bonds. The number of para-hydroxylation sites is 2. The fourth-order valence-electron chi connectivity index (χ4n) is 4.98. The number of piperidine rings is 2. The van der Waals surface area contributed by atoms with Gasteiger partial charge >= 0.3 is 12.2 Å². The summed E-state index contributed by atoms with van der Waals surface area (Å²) in [6.07, 6.45) is 4.81. The van der Waals surface area contributed by atoms with Crippen LogP contribution in [-0.4, -0.2) is 81.5 Å². The van der Waals surface area contributed by atoms with Crippen molar-refractivity contribution in [3.05, 3.63) is 24.3 Å². The summed E-state index contributed by atoms with van der Waals surface area (Å²) >= 11 is 0. The lowest BCUT2D eigenvalue weighted by Crippen LogP contribution is -2.49. The fourth-order valence-corrected chi connectivity index (χ4v) is 4.98. The molecule has 10 heteroatoms. The summed E-state index contributed by atoms with van der Waals surface area (Å²) in [6.45, 7) is 12.9. The van der Waals surface area contributed by atoms with Gasteiger partial charge in [-0.25, -0.2) is 19.6 Å². The molecule has 2 aliphatic heterocycles. The van der Waals surface area contributed by atoms with Gasteiger partial charge in [-0.3, -0.25) is 0 Å². The standard InChI is InChI=1S/C30H44N4O6/c1-29(2,3)39-27(35)33-17-11-9-13-21(33)19-37-25-26(32-24-16-8-7-15-23(24)31-25)38-20-22-14-10-12-18-34(22)28(36)40-30(4,5)6/h7-8,15-16,21-22H,9-14,17-20H2,1-6H3/t21-,22+. The third-order valence-electron chi connectivity index (χ3n) is 6.84. The van der Waals surface area contributed by atoms with Crippen LogP contribution in [0.2, 0.25) is 0 Å². The molecule has 1 aromatic heterocycles. The van der Waals surface area contributed by atoms with Gasteiger partial charge in [0.05, 0.1) is 23.1 Å². The highest BCUT2D eigenvalue weighted by molar-refractivity contribution is 5.75. The first-order chi connectivity index (χ1) is 18.9. The van der Waals surface area contributed by atoms with Crippen LogP contribution in [0.3, 0.4) is 0 Å². The van der Waals surface area contributed by atoms with Gasteiger partial charge in [-0.1, -0.05) is 12.1 Å². The Hall–Kier alpha value is -3.30. The zero-order chi connectivity index (χ0) is 28.9. The minimum atomic E-state index is -0.572. The predicted octanol–water partition coefficient (Wildman–Crippen LogP) is 5.97. The molecule has 2 saturated heterocycles. The van der Waals surface area contributed by atoms with Crippen molar-refractivity contribution in [2.45, 2.75) is 103 Å². The molecule has 0 bridgehead atoms. The Kier molecular flexibility index (Phi) is 9.26. The fraction of sp³-hybridized carbons (Fsp3) is 0.667.